The number of hydrogen-bond donors (Lipinski definition) is 3. The monoisotopic (exact) mass is 296 g/mol. The van der Waals surface area contributed by atoms with Crippen LogP contribution < -0.4 is 10.6 Å². The summed E-state index contributed by atoms with van der Waals surface area (Å²) in [6.45, 7) is 2.03. The van der Waals surface area contributed by atoms with Gasteiger partial charge in [0.15, 0.2) is 0 Å². The molecule has 3 unspecified atom stereocenters. The molecule has 3 aliphatic rings. The lowest BCUT2D eigenvalue weighted by Gasteiger charge is -2.33. The molecule has 3 N–H and O–H groups in total. The van der Waals surface area contributed by atoms with Crippen molar-refractivity contribution in [3.8, 4) is 0 Å². The molecule has 0 radical (unpaired) electrons. The fourth-order valence-corrected chi connectivity index (χ4v) is 4.07. The van der Waals surface area contributed by atoms with Crippen LogP contribution in [-0.4, -0.2) is 49.3 Å². The second-order valence-electron chi connectivity index (χ2n) is 6.66. The Morgan fingerprint density at radius 1 is 1.29 bits per heavy atom. The van der Waals surface area contributed by atoms with Gasteiger partial charge in [-0.1, -0.05) is 6.42 Å². The van der Waals surface area contributed by atoms with E-state index in [1.54, 1.807) is 0 Å². The van der Waals surface area contributed by atoms with E-state index in [1.807, 2.05) is 0 Å². The Bertz CT molecular complexity index is 420. The molecule has 3 atom stereocenters. The maximum atomic E-state index is 12.4. The predicted molar refractivity (Wildman–Crippen MR) is 75.8 cm³/mol. The number of carboxylic acids is 1. The van der Waals surface area contributed by atoms with E-state index < -0.39 is 11.4 Å². The first-order chi connectivity index (χ1) is 10.1. The average Bonchev–Trinajstić information content (AvgIpc) is 3.08. The zero-order chi connectivity index (χ0) is 14.9. The zero-order valence-corrected chi connectivity index (χ0v) is 12.3. The highest BCUT2D eigenvalue weighted by molar-refractivity contribution is 5.84. The second-order valence-corrected chi connectivity index (χ2v) is 6.66. The minimum atomic E-state index is -0.860. The molecule has 0 bridgehead atoms. The number of fused-ring (bicyclic) bond motifs is 1. The van der Waals surface area contributed by atoms with Gasteiger partial charge in [-0.05, 0) is 44.1 Å². The maximum Gasteiger partial charge on any atom is 0.311 e. The summed E-state index contributed by atoms with van der Waals surface area (Å²) in [5.74, 6) is 0.193. The van der Waals surface area contributed by atoms with E-state index in [-0.39, 0.29) is 18.5 Å². The summed E-state index contributed by atoms with van der Waals surface area (Å²) < 4.78 is 5.25. The molecule has 118 valence electrons. The van der Waals surface area contributed by atoms with Gasteiger partial charge in [-0.15, -0.1) is 0 Å². The Kier molecular flexibility index (Phi) is 4.17. The Morgan fingerprint density at radius 2 is 2.05 bits per heavy atom. The fourth-order valence-electron chi connectivity index (χ4n) is 4.07. The van der Waals surface area contributed by atoms with Crippen molar-refractivity contribution in [2.45, 2.75) is 38.1 Å². The van der Waals surface area contributed by atoms with Gasteiger partial charge in [0.2, 0.25) is 5.91 Å². The lowest BCUT2D eigenvalue weighted by molar-refractivity contribution is -0.154. The summed E-state index contributed by atoms with van der Waals surface area (Å²) in [6.07, 6.45) is 4.45. The Hall–Kier alpha value is -1.14. The van der Waals surface area contributed by atoms with Gasteiger partial charge in [0.05, 0.1) is 11.5 Å². The van der Waals surface area contributed by atoms with Gasteiger partial charge in [0.25, 0.3) is 0 Å². The first-order valence-electron chi connectivity index (χ1n) is 7.95. The third-order valence-electron chi connectivity index (χ3n) is 5.53. The Labute approximate surface area is 124 Å². The van der Waals surface area contributed by atoms with Crippen molar-refractivity contribution in [3.63, 3.8) is 0 Å². The molecule has 1 aliphatic carbocycles. The van der Waals surface area contributed by atoms with Crippen LogP contribution in [0.5, 0.6) is 0 Å². The number of amides is 1. The fraction of sp³-hybridized carbons (Fsp3) is 0.867. The van der Waals surface area contributed by atoms with Crippen LogP contribution in [0, 0.1) is 17.3 Å². The summed E-state index contributed by atoms with van der Waals surface area (Å²) in [5, 5.41) is 15.7. The van der Waals surface area contributed by atoms with Crippen molar-refractivity contribution in [1.29, 1.82) is 0 Å². The SMILES string of the molecule is O=C(NCC1(C(=O)O)CCOCC1)C1NCC2CCCC21. The molecule has 0 aromatic heterocycles. The predicted octanol–water partition coefficient (Wildman–Crippen LogP) is 0.372. The van der Waals surface area contributed by atoms with Crippen molar-refractivity contribution in [3.05, 3.63) is 0 Å². The number of nitrogens with one attached hydrogen (secondary N) is 2. The van der Waals surface area contributed by atoms with Gasteiger partial charge in [0.1, 0.15) is 0 Å². The van der Waals surface area contributed by atoms with E-state index in [1.165, 1.54) is 12.8 Å². The number of ether oxygens (including phenoxy) is 1. The minimum Gasteiger partial charge on any atom is -0.481 e. The number of hydrogen-bond acceptors (Lipinski definition) is 4. The molecule has 6 heteroatoms. The van der Waals surface area contributed by atoms with Gasteiger partial charge in [-0.3, -0.25) is 9.59 Å². The van der Waals surface area contributed by atoms with Crippen molar-refractivity contribution in [2.75, 3.05) is 26.3 Å². The molecule has 21 heavy (non-hydrogen) atoms. The normalized spacial score (nSPS) is 34.4. The van der Waals surface area contributed by atoms with Crippen molar-refractivity contribution in [1.82, 2.24) is 10.6 Å². The molecule has 1 amide bonds. The summed E-state index contributed by atoms with van der Waals surface area (Å²) in [4.78, 5) is 24.0. The lowest BCUT2D eigenvalue weighted by atomic mass is 9.80. The molecule has 6 nitrogen and oxygen atoms in total. The molecule has 0 spiro atoms. The van der Waals surface area contributed by atoms with Crippen LogP contribution in [-0.2, 0) is 14.3 Å². The standard InChI is InChI=1S/C15H24N2O4/c18-13(12-11-3-1-2-10(11)8-16-12)17-9-15(14(19)20)4-6-21-7-5-15/h10-12,16H,1-9H2,(H,17,18)(H,19,20). The highest BCUT2D eigenvalue weighted by Gasteiger charge is 2.44. The van der Waals surface area contributed by atoms with Crippen LogP contribution in [0.25, 0.3) is 0 Å². The second kappa shape index (κ2) is 5.93. The summed E-state index contributed by atoms with van der Waals surface area (Å²) in [6, 6.07) is -0.136. The quantitative estimate of drug-likeness (QED) is 0.698. The highest BCUT2D eigenvalue weighted by atomic mass is 16.5. The van der Waals surface area contributed by atoms with Crippen LogP contribution in [0.1, 0.15) is 32.1 Å². The van der Waals surface area contributed by atoms with Crippen LogP contribution in [0.15, 0.2) is 0 Å². The van der Waals surface area contributed by atoms with Gasteiger partial charge < -0.3 is 20.5 Å². The van der Waals surface area contributed by atoms with Crippen molar-refractivity contribution in [2.24, 2.45) is 17.3 Å². The molecule has 3 rings (SSSR count). The highest BCUT2D eigenvalue weighted by Crippen LogP contribution is 2.38. The number of carboxylic acid groups (broad SMARTS) is 1. The molecule has 2 aliphatic heterocycles. The first kappa shape index (κ1) is 14.8. The zero-order valence-electron chi connectivity index (χ0n) is 12.3. The average molecular weight is 296 g/mol. The number of carbonyl (C=O) groups is 2. The summed E-state index contributed by atoms with van der Waals surface area (Å²) in [5.41, 5.74) is -0.860. The van der Waals surface area contributed by atoms with E-state index in [4.69, 9.17) is 4.74 Å². The van der Waals surface area contributed by atoms with E-state index in [9.17, 15) is 14.7 Å². The van der Waals surface area contributed by atoms with Gasteiger partial charge in [-0.25, -0.2) is 0 Å². The molecule has 0 aromatic rings. The molecule has 1 saturated carbocycles. The molecular formula is C15H24N2O4. The van der Waals surface area contributed by atoms with Gasteiger partial charge >= 0.3 is 5.97 Å². The van der Waals surface area contributed by atoms with Crippen LogP contribution in [0.2, 0.25) is 0 Å². The molecule has 2 heterocycles. The lowest BCUT2D eigenvalue weighted by Crippen LogP contribution is -2.51. The van der Waals surface area contributed by atoms with E-state index >= 15 is 0 Å². The third-order valence-corrected chi connectivity index (χ3v) is 5.53. The summed E-state index contributed by atoms with van der Waals surface area (Å²) in [7, 11) is 0. The van der Waals surface area contributed by atoms with Gasteiger partial charge in [0, 0.05) is 19.8 Å². The Balaban J connectivity index is 1.58. The van der Waals surface area contributed by atoms with Crippen molar-refractivity contribution >= 4 is 11.9 Å². The third kappa shape index (κ3) is 2.79. The topological polar surface area (TPSA) is 87.7 Å². The van der Waals surface area contributed by atoms with Crippen LogP contribution >= 0.6 is 0 Å². The van der Waals surface area contributed by atoms with Gasteiger partial charge in [-0.2, -0.15) is 0 Å². The number of rotatable bonds is 4. The van der Waals surface area contributed by atoms with Crippen molar-refractivity contribution < 1.29 is 19.4 Å². The molecule has 2 saturated heterocycles. The van der Waals surface area contributed by atoms with E-state index in [0.29, 0.717) is 37.9 Å². The van der Waals surface area contributed by atoms with E-state index in [0.717, 1.165) is 13.0 Å². The van der Waals surface area contributed by atoms with E-state index in [2.05, 4.69) is 10.6 Å². The number of carbonyl (C=O) groups excluding carboxylic acids is 1. The first-order valence-corrected chi connectivity index (χ1v) is 7.95. The molecular weight excluding hydrogens is 272 g/mol. The smallest absolute Gasteiger partial charge is 0.311 e. The summed E-state index contributed by atoms with van der Waals surface area (Å²) >= 11 is 0. The van der Waals surface area contributed by atoms with Crippen LogP contribution in [0.4, 0.5) is 0 Å². The number of aliphatic carboxylic acids is 1. The minimum absolute atomic E-state index is 0.0310. The largest absolute Gasteiger partial charge is 0.481 e. The molecule has 0 aromatic carbocycles. The maximum absolute atomic E-state index is 12.4. The Morgan fingerprint density at radius 3 is 2.76 bits per heavy atom. The molecule has 3 fully saturated rings. The van der Waals surface area contributed by atoms with Crippen LogP contribution in [0.3, 0.4) is 0 Å².